The number of hydrogen-bond acceptors (Lipinski definition) is 4. The molecule has 94 valence electrons. The molecule has 6 heteroatoms. The summed E-state index contributed by atoms with van der Waals surface area (Å²) in [4.78, 5) is 10.6. The van der Waals surface area contributed by atoms with Crippen LogP contribution >= 0.6 is 0 Å². The van der Waals surface area contributed by atoms with Crippen LogP contribution in [-0.2, 0) is 10.8 Å². The molecule has 1 aromatic rings. The summed E-state index contributed by atoms with van der Waals surface area (Å²) in [6.07, 6.45) is 0.717. The predicted octanol–water partition coefficient (Wildman–Crippen LogP) is 1.70. The average molecular weight is 256 g/mol. The summed E-state index contributed by atoms with van der Waals surface area (Å²) in [5.41, 5.74) is -0.0667. The Hall–Kier alpha value is -1.27. The van der Waals surface area contributed by atoms with Gasteiger partial charge >= 0.3 is 0 Å². The van der Waals surface area contributed by atoms with Crippen LogP contribution < -0.4 is 5.32 Å². The number of benzene rings is 1. The number of nitro benzene ring substituents is 1. The largest absolute Gasteiger partial charge is 0.317 e. The second kappa shape index (κ2) is 6.46. The fourth-order valence-electron chi connectivity index (χ4n) is 1.34. The van der Waals surface area contributed by atoms with Gasteiger partial charge in [-0.2, -0.15) is 0 Å². The summed E-state index contributed by atoms with van der Waals surface area (Å²) in [5, 5.41) is 13.8. The summed E-state index contributed by atoms with van der Waals surface area (Å²) < 4.78 is 12.0. The minimum absolute atomic E-state index is 0.0667. The second-order valence-electron chi connectivity index (χ2n) is 3.75. The Morgan fingerprint density at radius 2 is 2.12 bits per heavy atom. The standard InChI is InChI=1S/C11H16N2O3S/c1-9(12-2)7-8-17(16)11-6-4-3-5-10(11)13(14)15/h3-6,9,12H,7-8H2,1-2H3. The fourth-order valence-corrected chi connectivity index (χ4v) is 2.73. The molecule has 0 amide bonds. The molecule has 17 heavy (non-hydrogen) atoms. The van der Waals surface area contributed by atoms with Crippen LogP contribution in [0.4, 0.5) is 5.69 Å². The Balaban J connectivity index is 2.78. The zero-order valence-corrected chi connectivity index (χ0v) is 10.7. The predicted molar refractivity (Wildman–Crippen MR) is 67.5 cm³/mol. The first-order chi connectivity index (χ1) is 8.06. The van der Waals surface area contributed by atoms with Gasteiger partial charge in [0.2, 0.25) is 0 Å². The molecule has 1 rings (SSSR count). The van der Waals surface area contributed by atoms with Crippen molar-refractivity contribution in [2.75, 3.05) is 12.8 Å². The van der Waals surface area contributed by atoms with E-state index in [-0.39, 0.29) is 11.7 Å². The van der Waals surface area contributed by atoms with Gasteiger partial charge in [-0.15, -0.1) is 0 Å². The van der Waals surface area contributed by atoms with Crippen molar-refractivity contribution in [2.24, 2.45) is 0 Å². The molecule has 1 aromatic carbocycles. The molecule has 0 fully saturated rings. The molecule has 2 unspecified atom stereocenters. The maximum atomic E-state index is 12.0. The summed E-state index contributed by atoms with van der Waals surface area (Å²) in [6, 6.07) is 6.44. The Morgan fingerprint density at radius 3 is 2.71 bits per heavy atom. The third-order valence-electron chi connectivity index (χ3n) is 2.54. The van der Waals surface area contributed by atoms with Crippen LogP contribution in [0.1, 0.15) is 13.3 Å². The summed E-state index contributed by atoms with van der Waals surface area (Å²) >= 11 is 0. The van der Waals surface area contributed by atoms with Crippen LogP contribution in [0.3, 0.4) is 0 Å². The van der Waals surface area contributed by atoms with E-state index in [1.54, 1.807) is 18.2 Å². The molecule has 0 spiro atoms. The highest BCUT2D eigenvalue weighted by Crippen LogP contribution is 2.21. The van der Waals surface area contributed by atoms with Crippen LogP contribution in [0.5, 0.6) is 0 Å². The Kier molecular flexibility index (Phi) is 5.24. The topological polar surface area (TPSA) is 72.2 Å². The van der Waals surface area contributed by atoms with E-state index >= 15 is 0 Å². The number of rotatable bonds is 6. The van der Waals surface area contributed by atoms with Crippen molar-refractivity contribution in [2.45, 2.75) is 24.3 Å². The van der Waals surface area contributed by atoms with Gasteiger partial charge in [0.05, 0.1) is 15.7 Å². The van der Waals surface area contributed by atoms with Gasteiger partial charge in [-0.25, -0.2) is 0 Å². The first-order valence-corrected chi connectivity index (χ1v) is 6.67. The quantitative estimate of drug-likeness (QED) is 0.621. The zero-order valence-electron chi connectivity index (χ0n) is 9.88. The van der Waals surface area contributed by atoms with Gasteiger partial charge in [-0.3, -0.25) is 14.3 Å². The van der Waals surface area contributed by atoms with Crippen LogP contribution in [0.15, 0.2) is 29.2 Å². The van der Waals surface area contributed by atoms with Gasteiger partial charge in [0.25, 0.3) is 5.69 Å². The highest BCUT2D eigenvalue weighted by Gasteiger charge is 2.18. The SMILES string of the molecule is CNC(C)CCS(=O)c1ccccc1[N+](=O)[O-]. The summed E-state index contributed by atoms with van der Waals surface area (Å²) in [7, 11) is 0.513. The number of para-hydroxylation sites is 1. The van der Waals surface area contributed by atoms with E-state index in [0.717, 1.165) is 6.42 Å². The van der Waals surface area contributed by atoms with Crippen LogP contribution in [-0.4, -0.2) is 28.0 Å². The Morgan fingerprint density at radius 1 is 1.47 bits per heavy atom. The smallest absolute Gasteiger partial charge is 0.285 e. The molecule has 0 bridgehead atoms. The molecule has 0 heterocycles. The van der Waals surface area contributed by atoms with Crippen LogP contribution in [0, 0.1) is 10.1 Å². The van der Waals surface area contributed by atoms with E-state index < -0.39 is 15.7 Å². The number of nitro groups is 1. The van der Waals surface area contributed by atoms with Crippen molar-refractivity contribution in [1.82, 2.24) is 5.32 Å². The van der Waals surface area contributed by atoms with E-state index in [1.165, 1.54) is 6.07 Å². The lowest BCUT2D eigenvalue weighted by molar-refractivity contribution is -0.387. The van der Waals surface area contributed by atoms with Crippen molar-refractivity contribution < 1.29 is 9.13 Å². The molecule has 5 nitrogen and oxygen atoms in total. The van der Waals surface area contributed by atoms with E-state index in [1.807, 2.05) is 14.0 Å². The lowest BCUT2D eigenvalue weighted by atomic mass is 10.3. The van der Waals surface area contributed by atoms with Crippen LogP contribution in [0.25, 0.3) is 0 Å². The maximum Gasteiger partial charge on any atom is 0.285 e. The first kappa shape index (κ1) is 13.8. The molecule has 0 radical (unpaired) electrons. The minimum Gasteiger partial charge on any atom is -0.317 e. The normalized spacial score (nSPS) is 14.2. The van der Waals surface area contributed by atoms with Gasteiger partial charge in [-0.05, 0) is 26.5 Å². The molecule has 0 aromatic heterocycles. The maximum absolute atomic E-state index is 12.0. The lowest BCUT2D eigenvalue weighted by Gasteiger charge is -2.09. The van der Waals surface area contributed by atoms with Gasteiger partial charge in [0.1, 0.15) is 4.90 Å². The molecule has 1 N–H and O–H groups in total. The second-order valence-corrected chi connectivity index (χ2v) is 5.29. The molecule has 0 aliphatic heterocycles. The van der Waals surface area contributed by atoms with Crippen molar-refractivity contribution in [3.63, 3.8) is 0 Å². The van der Waals surface area contributed by atoms with Crippen molar-refractivity contribution in [3.8, 4) is 0 Å². The Labute approximate surface area is 103 Å². The molecule has 0 saturated carbocycles. The lowest BCUT2D eigenvalue weighted by Crippen LogP contribution is -2.23. The van der Waals surface area contributed by atoms with E-state index in [0.29, 0.717) is 10.6 Å². The summed E-state index contributed by atoms with van der Waals surface area (Å²) in [6.45, 7) is 1.98. The third-order valence-corrected chi connectivity index (χ3v) is 3.98. The van der Waals surface area contributed by atoms with Crippen molar-refractivity contribution >= 4 is 16.5 Å². The zero-order chi connectivity index (χ0) is 12.8. The third kappa shape index (κ3) is 3.90. The molecule has 0 saturated heterocycles. The molecular weight excluding hydrogens is 240 g/mol. The number of nitrogens with zero attached hydrogens (tertiary/aromatic N) is 1. The molecule has 0 aliphatic carbocycles. The Bertz CT molecular complexity index is 423. The molecule has 0 aliphatic rings. The number of hydrogen-bond donors (Lipinski definition) is 1. The van der Waals surface area contributed by atoms with E-state index in [4.69, 9.17) is 0 Å². The highest BCUT2D eigenvalue weighted by molar-refractivity contribution is 7.85. The molecule has 2 atom stereocenters. The average Bonchev–Trinajstić information content (AvgIpc) is 2.35. The van der Waals surface area contributed by atoms with Gasteiger partial charge < -0.3 is 5.32 Å². The van der Waals surface area contributed by atoms with E-state index in [2.05, 4.69) is 5.32 Å². The minimum atomic E-state index is -1.32. The van der Waals surface area contributed by atoms with Gasteiger partial charge in [0, 0.05) is 17.9 Å². The number of nitrogens with one attached hydrogen (secondary N) is 1. The molecular formula is C11H16N2O3S. The van der Waals surface area contributed by atoms with Crippen molar-refractivity contribution in [3.05, 3.63) is 34.4 Å². The van der Waals surface area contributed by atoms with Crippen molar-refractivity contribution in [1.29, 1.82) is 0 Å². The van der Waals surface area contributed by atoms with Gasteiger partial charge in [0.15, 0.2) is 0 Å². The summed E-state index contributed by atoms with van der Waals surface area (Å²) in [5.74, 6) is 0.423. The van der Waals surface area contributed by atoms with E-state index in [9.17, 15) is 14.3 Å². The van der Waals surface area contributed by atoms with Gasteiger partial charge in [-0.1, -0.05) is 12.1 Å². The fraction of sp³-hybridized carbons (Fsp3) is 0.455. The van der Waals surface area contributed by atoms with Crippen LogP contribution in [0.2, 0.25) is 0 Å². The highest BCUT2D eigenvalue weighted by atomic mass is 32.2. The first-order valence-electron chi connectivity index (χ1n) is 5.35. The monoisotopic (exact) mass is 256 g/mol.